The number of aromatic nitrogens is 3. The number of hydrogen-bond acceptors (Lipinski definition) is 14. The maximum atomic E-state index is 14.2. The molecular formula is C54H58F3N9O7S2. The summed E-state index contributed by atoms with van der Waals surface area (Å²) in [7, 11) is 0. The Morgan fingerprint density at radius 3 is 2.24 bits per heavy atom. The van der Waals surface area contributed by atoms with E-state index >= 15 is 0 Å². The van der Waals surface area contributed by atoms with Gasteiger partial charge < -0.3 is 35.0 Å². The lowest BCUT2D eigenvalue weighted by Crippen LogP contribution is -2.53. The number of ether oxygens (including phenoxy) is 2. The van der Waals surface area contributed by atoms with Crippen molar-refractivity contribution in [3.05, 3.63) is 107 Å². The summed E-state index contributed by atoms with van der Waals surface area (Å²) in [5.41, 5.74) is 1.33. The molecule has 1 aliphatic carbocycles. The van der Waals surface area contributed by atoms with Gasteiger partial charge in [0.2, 0.25) is 11.8 Å². The van der Waals surface area contributed by atoms with Gasteiger partial charge >= 0.3 is 6.18 Å². The highest BCUT2D eigenvalue weighted by Gasteiger charge is 2.51. The van der Waals surface area contributed by atoms with Crippen LogP contribution in [0.25, 0.3) is 10.4 Å². The number of aryl methyl sites for hydroxylation is 1. The Balaban J connectivity index is 0.806. The second-order valence-electron chi connectivity index (χ2n) is 20.7. The number of ketones is 1. The van der Waals surface area contributed by atoms with Crippen LogP contribution in [0.2, 0.25) is 0 Å². The molecule has 3 aliphatic rings. The minimum Gasteiger partial charge on any atom is -0.482 e. The van der Waals surface area contributed by atoms with Gasteiger partial charge in [0, 0.05) is 37.9 Å². The van der Waals surface area contributed by atoms with Crippen molar-refractivity contribution < 1.29 is 46.9 Å². The molecule has 5 atom stereocenters. The molecule has 0 radical (unpaired) electrons. The number of amides is 3. The first-order valence-electron chi connectivity index (χ1n) is 24.5. The van der Waals surface area contributed by atoms with Crippen molar-refractivity contribution >= 4 is 69.4 Å². The van der Waals surface area contributed by atoms with Crippen LogP contribution < -0.4 is 34.8 Å². The van der Waals surface area contributed by atoms with Crippen LogP contribution in [0.5, 0.6) is 11.6 Å². The minimum absolute atomic E-state index is 0.0284. The second kappa shape index (κ2) is 21.7. The quantitative estimate of drug-likeness (QED) is 0.0842. The predicted molar refractivity (Wildman–Crippen MR) is 280 cm³/mol. The number of nitrogens with one attached hydrogen (secondary N) is 2. The van der Waals surface area contributed by atoms with Crippen molar-refractivity contribution in [2.45, 2.75) is 110 Å². The summed E-state index contributed by atoms with van der Waals surface area (Å²) >= 11 is 7.23. The molecule has 0 bridgehead atoms. The van der Waals surface area contributed by atoms with Crippen molar-refractivity contribution in [1.29, 1.82) is 5.26 Å². The van der Waals surface area contributed by atoms with Crippen molar-refractivity contribution in [1.82, 2.24) is 25.6 Å². The van der Waals surface area contributed by atoms with Crippen molar-refractivity contribution in [2.75, 3.05) is 34.4 Å². The highest BCUT2D eigenvalue weighted by molar-refractivity contribution is 7.81. The lowest BCUT2D eigenvalue weighted by molar-refractivity contribution is -0.138. The molecule has 16 nitrogen and oxygen atoms in total. The number of piperidine rings is 1. The molecule has 3 amide bonds. The molecule has 3 N–H and O–H groups in total. The Bertz CT molecular complexity index is 2990. The lowest BCUT2D eigenvalue weighted by atomic mass is 9.77. The number of aliphatic hydroxyl groups excluding tert-OH is 1. The predicted octanol–water partition coefficient (Wildman–Crippen LogP) is 8.51. The molecule has 2 unspecified atom stereocenters. The number of benzene rings is 2. The number of carbonyl (C=O) groups excluding carboxylic acids is 4. The number of thiazole rings is 1. The van der Waals surface area contributed by atoms with Gasteiger partial charge in [-0.05, 0) is 106 Å². The average Bonchev–Trinajstić information content (AvgIpc) is 4.04. The Morgan fingerprint density at radius 2 is 1.64 bits per heavy atom. The van der Waals surface area contributed by atoms with Gasteiger partial charge in [-0.1, -0.05) is 45.0 Å². The second-order valence-corrected chi connectivity index (χ2v) is 21.9. The monoisotopic (exact) mass is 1070 g/mol. The van der Waals surface area contributed by atoms with Gasteiger partial charge in [0.1, 0.15) is 23.2 Å². The fourth-order valence-electron chi connectivity index (χ4n) is 9.85. The molecule has 1 saturated carbocycles. The van der Waals surface area contributed by atoms with Crippen LogP contribution in [-0.4, -0.2) is 92.2 Å². The van der Waals surface area contributed by atoms with Gasteiger partial charge in [-0.3, -0.25) is 24.1 Å². The van der Waals surface area contributed by atoms with E-state index in [9.17, 15) is 42.7 Å². The minimum atomic E-state index is -4.82. The number of rotatable bonds is 15. The lowest BCUT2D eigenvalue weighted by Gasteiger charge is -2.33. The largest absolute Gasteiger partial charge is 0.482 e. The summed E-state index contributed by atoms with van der Waals surface area (Å²) in [4.78, 5) is 74.1. The summed E-state index contributed by atoms with van der Waals surface area (Å²) in [6.45, 7) is 13.4. The molecule has 3 aromatic heterocycles. The van der Waals surface area contributed by atoms with Gasteiger partial charge in [0.15, 0.2) is 17.5 Å². The summed E-state index contributed by atoms with van der Waals surface area (Å²) < 4.78 is 53.3. The SMILES string of the molecule is Cc1ncsc1-c1ccc([C@H](C)NC(=O)[C@@H]2C[C@@H](O)CC2C(=O)C(NC(=O)COc2ccc(OC3CCN(c4ccc(N5C(=S)N(c6ccc(C#N)c(C(F)(F)F)c6)C(=O)C5(C)C)cn4)CC3)nc2)C(C)(C)C)cc1. The zero-order valence-corrected chi connectivity index (χ0v) is 44.1. The Labute approximate surface area is 442 Å². The summed E-state index contributed by atoms with van der Waals surface area (Å²) in [6, 6.07) is 18.0. The van der Waals surface area contributed by atoms with Crippen LogP contribution in [0.1, 0.15) is 95.7 Å². The van der Waals surface area contributed by atoms with Gasteiger partial charge in [-0.15, -0.1) is 11.3 Å². The number of halogens is 3. The third-order valence-corrected chi connectivity index (χ3v) is 15.3. The van der Waals surface area contributed by atoms with Crippen LogP contribution in [0.15, 0.2) is 84.6 Å². The van der Waals surface area contributed by atoms with Gasteiger partial charge in [0.05, 0.1) is 81.2 Å². The summed E-state index contributed by atoms with van der Waals surface area (Å²) in [6.07, 6.45) is -1.31. The van der Waals surface area contributed by atoms with Crippen molar-refractivity contribution in [3.8, 4) is 28.1 Å². The number of carbonyl (C=O) groups is 4. The number of Topliss-reactive ketones (excluding diaryl/α,β-unsaturated/α-hetero) is 1. The molecule has 75 heavy (non-hydrogen) atoms. The fourth-order valence-corrected chi connectivity index (χ4v) is 11.2. The first-order chi connectivity index (χ1) is 35.4. The molecule has 2 aromatic carbocycles. The van der Waals surface area contributed by atoms with Gasteiger partial charge in [-0.25, -0.2) is 15.0 Å². The third-order valence-electron chi connectivity index (χ3n) is 14.0. The molecule has 2 saturated heterocycles. The number of thiocarbonyl (C=S) groups is 1. The van der Waals surface area contributed by atoms with Gasteiger partial charge in [0.25, 0.3) is 11.8 Å². The van der Waals surface area contributed by atoms with E-state index < -0.39 is 70.7 Å². The molecule has 8 rings (SSSR count). The van der Waals surface area contributed by atoms with Crippen molar-refractivity contribution in [3.63, 3.8) is 0 Å². The molecule has 0 spiro atoms. The van der Waals surface area contributed by atoms with Crippen LogP contribution in [0, 0.1) is 35.5 Å². The van der Waals surface area contributed by atoms with E-state index in [1.165, 1.54) is 12.3 Å². The van der Waals surface area contributed by atoms with E-state index in [2.05, 4.69) is 30.5 Å². The van der Waals surface area contributed by atoms with Crippen molar-refractivity contribution in [2.24, 2.45) is 17.3 Å². The maximum Gasteiger partial charge on any atom is 0.417 e. The van der Waals surface area contributed by atoms with Gasteiger partial charge in [-0.2, -0.15) is 18.4 Å². The number of nitriles is 1. The Morgan fingerprint density at radius 1 is 0.947 bits per heavy atom. The highest BCUT2D eigenvalue weighted by Crippen LogP contribution is 2.41. The normalized spacial score (nSPS) is 19.9. The maximum absolute atomic E-state index is 14.2. The van der Waals surface area contributed by atoms with Crippen LogP contribution in [0.4, 0.5) is 30.4 Å². The van der Waals surface area contributed by atoms with E-state index in [-0.39, 0.29) is 47.5 Å². The smallest absolute Gasteiger partial charge is 0.417 e. The first-order valence-corrected chi connectivity index (χ1v) is 25.8. The topological polar surface area (TPSA) is 203 Å². The Kier molecular flexibility index (Phi) is 15.7. The summed E-state index contributed by atoms with van der Waals surface area (Å²) in [5.74, 6) is -2.00. The molecule has 394 valence electrons. The van der Waals surface area contributed by atoms with E-state index in [4.69, 9.17) is 21.7 Å². The molecule has 5 aromatic rings. The van der Waals surface area contributed by atoms with E-state index in [0.717, 1.165) is 38.7 Å². The van der Waals surface area contributed by atoms with E-state index in [1.807, 2.05) is 58.9 Å². The number of aliphatic hydroxyl groups is 1. The zero-order chi connectivity index (χ0) is 54.1. The number of pyridine rings is 2. The number of alkyl halides is 3. The number of anilines is 3. The van der Waals surface area contributed by atoms with Crippen LogP contribution in [0.3, 0.4) is 0 Å². The number of hydrogen-bond donors (Lipinski definition) is 3. The molecule has 3 fully saturated rings. The standard InChI is InChI=1S/C54H58F3N9O7S2/c1-30(32-8-10-33(11-9-32)47-31(2)61-29-75-47)62-49(70)41-24-37(67)23-40(41)46(69)48(52(3,4)5)63-44(68)28-72-39-15-17-45(60-27-39)73-38-18-20-64(21-19-38)43-16-14-36(26-59-43)66-51(74)65(50(71)53(66,6)7)35-13-12-34(25-58)42(22-35)54(55,56)57/h8-17,22,26-27,29-30,37-38,40-41,48,67H,18-21,23-24,28H2,1-7H3,(H,62,70)(H,63,68)/t30-,37-,40?,41+,48?/m0/s1. The van der Waals surface area contributed by atoms with Crippen LogP contribution in [-0.2, 0) is 25.4 Å². The molecular weight excluding hydrogens is 1010 g/mol. The molecule has 2 aliphatic heterocycles. The molecule has 21 heteroatoms. The molecule has 5 heterocycles. The van der Waals surface area contributed by atoms with Crippen LogP contribution >= 0.6 is 23.6 Å². The Hall–Kier alpha value is -7.02. The summed E-state index contributed by atoms with van der Waals surface area (Å²) in [5, 5.41) is 25.8. The first kappa shape index (κ1) is 54.2. The third kappa shape index (κ3) is 11.8. The zero-order valence-electron chi connectivity index (χ0n) is 42.5. The van der Waals surface area contributed by atoms with E-state index in [1.54, 1.807) is 72.1 Å². The van der Waals surface area contributed by atoms with E-state index in [0.29, 0.717) is 49.1 Å². The average molecular weight is 1070 g/mol. The number of nitrogens with zero attached hydrogens (tertiary/aromatic N) is 7. The fraction of sp³-hybridized carbons (Fsp3) is 0.426. The highest BCUT2D eigenvalue weighted by atomic mass is 32.1.